The Morgan fingerprint density at radius 1 is 0.439 bits per heavy atom. The zero-order chi connectivity index (χ0) is 59.2. The van der Waals surface area contributed by atoms with Gasteiger partial charge in [0.15, 0.2) is 5.82 Å². The van der Waals surface area contributed by atoms with Gasteiger partial charge in [-0.1, -0.05) is 109 Å². The largest absolute Gasteiger partial charge is 0.294 e. The number of nitrogens with zero attached hydrogens (tertiary/aromatic N) is 7. The Labute approximate surface area is 361 Å². The van der Waals surface area contributed by atoms with Crippen molar-refractivity contribution in [3.05, 3.63) is 188 Å². The van der Waals surface area contributed by atoms with Crippen LogP contribution in [0.2, 0.25) is 0 Å². The third kappa shape index (κ3) is 4.66. The van der Waals surface area contributed by atoms with Gasteiger partial charge in [-0.2, -0.15) is 0 Å². The molecule has 0 N–H and O–H groups in total. The normalized spacial score (nSPS) is 18.0. The molecule has 6 heterocycles. The lowest BCUT2D eigenvalue weighted by Crippen LogP contribution is -2.09. The highest BCUT2D eigenvalue weighted by Crippen LogP contribution is 2.41. The second-order valence-corrected chi connectivity index (χ2v) is 12.4. The molecule has 12 rings (SSSR count). The number of aromatic nitrogens is 7. The standard InChI is InChI=1S/C50H31N7/c1-2-15-32(16-3-1)40-31-46(55-41-24-8-4-17-33(41)34-18-5-9-25-42(34)55)54-48(53-40)39-21-12-28-45(56-43-26-10-6-19-35(43)37-22-13-29-51-49(37)56)47(39)57-44-27-11-7-20-36(44)38-23-14-30-52-50(38)57/h1-31H/i1D,2D,3D,4D,5D,6D,7D,8D,9D,10D,11D,12D,15D,16D,17D,18D,19D,20D,21D,24D,25D,26D,27D,28D,31D. The molecule has 57 heavy (non-hydrogen) atoms. The summed E-state index contributed by atoms with van der Waals surface area (Å²) in [7, 11) is 0. The van der Waals surface area contributed by atoms with E-state index in [-0.39, 0.29) is 38.4 Å². The van der Waals surface area contributed by atoms with Crippen molar-refractivity contribution >= 4 is 65.7 Å². The van der Waals surface area contributed by atoms with Gasteiger partial charge in [-0.3, -0.25) is 13.7 Å². The molecule has 266 valence electrons. The molecule has 0 aliphatic heterocycles. The van der Waals surface area contributed by atoms with E-state index in [1.807, 2.05) is 0 Å². The first-order valence-corrected chi connectivity index (χ1v) is 17.0. The summed E-state index contributed by atoms with van der Waals surface area (Å²) in [5.41, 5.74) is -6.02. The van der Waals surface area contributed by atoms with Crippen LogP contribution in [-0.2, 0) is 0 Å². The Morgan fingerprint density at radius 3 is 1.56 bits per heavy atom. The van der Waals surface area contributed by atoms with Crippen LogP contribution in [0.5, 0.6) is 0 Å². The zero-order valence-electron chi connectivity index (χ0n) is 53.6. The number of hydrogen-bond acceptors (Lipinski definition) is 4. The van der Waals surface area contributed by atoms with Crippen molar-refractivity contribution in [2.45, 2.75) is 0 Å². The van der Waals surface area contributed by atoms with E-state index >= 15 is 0 Å². The maximum atomic E-state index is 10.0. The first-order valence-electron chi connectivity index (χ1n) is 29.5. The Balaban J connectivity index is 1.42. The lowest BCUT2D eigenvalue weighted by Gasteiger charge is -2.20. The van der Waals surface area contributed by atoms with Crippen LogP contribution in [0.1, 0.15) is 34.3 Å². The Morgan fingerprint density at radius 2 is 0.947 bits per heavy atom. The molecule has 0 bridgehead atoms. The van der Waals surface area contributed by atoms with Crippen molar-refractivity contribution in [3.8, 4) is 39.8 Å². The summed E-state index contributed by atoms with van der Waals surface area (Å²) in [6.07, 6.45) is 2.57. The third-order valence-corrected chi connectivity index (χ3v) is 9.46. The van der Waals surface area contributed by atoms with Crippen molar-refractivity contribution in [1.29, 1.82) is 0 Å². The van der Waals surface area contributed by atoms with Gasteiger partial charge in [0.1, 0.15) is 17.1 Å². The fourth-order valence-corrected chi connectivity index (χ4v) is 7.19. The van der Waals surface area contributed by atoms with Crippen LogP contribution in [0.15, 0.2) is 188 Å². The van der Waals surface area contributed by atoms with Crippen LogP contribution in [0, 0.1) is 0 Å². The molecule has 0 aliphatic carbocycles. The number of rotatable bonds is 5. The van der Waals surface area contributed by atoms with Crippen LogP contribution < -0.4 is 0 Å². The minimum atomic E-state index is -1.01. The van der Waals surface area contributed by atoms with E-state index in [1.165, 1.54) is 36.7 Å². The second-order valence-electron chi connectivity index (χ2n) is 12.4. The topological polar surface area (TPSA) is 66.3 Å². The van der Waals surface area contributed by atoms with E-state index in [0.29, 0.717) is 0 Å². The van der Waals surface area contributed by atoms with Crippen molar-refractivity contribution in [2.24, 2.45) is 0 Å². The van der Waals surface area contributed by atoms with Crippen LogP contribution >= 0.6 is 0 Å². The summed E-state index contributed by atoms with van der Waals surface area (Å²) in [6.45, 7) is 0. The van der Waals surface area contributed by atoms with E-state index in [9.17, 15) is 15.1 Å². The lowest BCUT2D eigenvalue weighted by molar-refractivity contribution is 1.03. The van der Waals surface area contributed by atoms with Gasteiger partial charge in [-0.05, 0) is 60.5 Å². The Hall–Kier alpha value is -7.90. The predicted molar refractivity (Wildman–Crippen MR) is 232 cm³/mol. The van der Waals surface area contributed by atoms with Crippen molar-refractivity contribution in [2.75, 3.05) is 0 Å². The maximum absolute atomic E-state index is 10.0. The molecule has 0 atom stereocenters. The van der Waals surface area contributed by atoms with E-state index < -0.39 is 218 Å². The average molecular weight is 755 g/mol. The van der Waals surface area contributed by atoms with E-state index in [1.54, 1.807) is 0 Å². The Kier molecular flexibility index (Phi) is 3.39. The fraction of sp³-hybridized carbons (Fsp3) is 0. The predicted octanol–water partition coefficient (Wildman–Crippen LogP) is 11.9. The van der Waals surface area contributed by atoms with E-state index in [0.717, 1.165) is 13.7 Å². The molecule has 0 fully saturated rings. The maximum Gasteiger partial charge on any atom is 0.164 e. The minimum absolute atomic E-state index is 0.0353. The molecule has 0 radical (unpaired) electrons. The van der Waals surface area contributed by atoms with Gasteiger partial charge in [0.05, 0.1) is 73.4 Å². The molecule has 0 unspecified atom stereocenters. The molecule has 7 nitrogen and oxygen atoms in total. The van der Waals surface area contributed by atoms with Gasteiger partial charge in [0, 0.05) is 61.9 Å². The Bertz CT molecular complexity index is 4900. The summed E-state index contributed by atoms with van der Waals surface area (Å²) in [4.78, 5) is 18.6. The third-order valence-electron chi connectivity index (χ3n) is 9.46. The number of pyridine rings is 2. The molecule has 12 aromatic rings. The smallest absolute Gasteiger partial charge is 0.164 e. The van der Waals surface area contributed by atoms with E-state index in [2.05, 4.69) is 15.0 Å². The molecule has 0 saturated heterocycles. The van der Waals surface area contributed by atoms with Gasteiger partial charge in [-0.25, -0.2) is 19.9 Å². The van der Waals surface area contributed by atoms with Crippen LogP contribution in [-0.4, -0.2) is 33.6 Å². The second kappa shape index (κ2) is 12.3. The highest BCUT2D eigenvalue weighted by Gasteiger charge is 2.25. The highest BCUT2D eigenvalue weighted by molar-refractivity contribution is 6.11. The van der Waals surface area contributed by atoms with Crippen molar-refractivity contribution in [1.82, 2.24) is 33.6 Å². The summed E-state index contributed by atoms with van der Waals surface area (Å²) >= 11 is 0. The number of para-hydroxylation sites is 5. The van der Waals surface area contributed by atoms with Gasteiger partial charge >= 0.3 is 0 Å². The van der Waals surface area contributed by atoms with Crippen LogP contribution in [0.3, 0.4) is 0 Å². The molecule has 0 saturated carbocycles. The molecule has 0 spiro atoms. The van der Waals surface area contributed by atoms with E-state index in [4.69, 9.17) is 24.2 Å². The summed E-state index contributed by atoms with van der Waals surface area (Å²) in [6, 6.07) is -15.1. The minimum Gasteiger partial charge on any atom is -0.294 e. The zero-order valence-corrected chi connectivity index (χ0v) is 28.6. The molecule has 0 aliphatic rings. The molecular weight excluding hydrogens is 699 g/mol. The van der Waals surface area contributed by atoms with Gasteiger partial charge in [-0.15, -0.1) is 0 Å². The molecular formula is C50H31N7. The van der Waals surface area contributed by atoms with Gasteiger partial charge in [0.2, 0.25) is 0 Å². The fourth-order valence-electron chi connectivity index (χ4n) is 7.19. The van der Waals surface area contributed by atoms with Gasteiger partial charge in [0.25, 0.3) is 0 Å². The average Bonchev–Trinajstić information content (AvgIpc) is 4.19. The SMILES string of the molecule is [2H]c1c(-c2c([2H])c([2H])c([2H])c([2H])c2[2H])nc(-c2c([2H])c([2H])c([2H])c(-n3c4ncccc4c4c([2H])c([2H])c([2H])c([2H])c43)c2-n2c3ncccc3c3c([2H])c([2H])c([2H])c([2H])c32)nc1-n1c2c([2H])c([2H])c([2H])c([2H])c2c2c([2H])c([2H])c([2H])c([2H])c21. The van der Waals surface area contributed by atoms with Crippen LogP contribution in [0.25, 0.3) is 106 Å². The molecule has 6 aromatic carbocycles. The molecule has 0 amide bonds. The monoisotopic (exact) mass is 754 g/mol. The quantitative estimate of drug-likeness (QED) is 0.175. The van der Waals surface area contributed by atoms with Crippen molar-refractivity contribution < 1.29 is 34.3 Å². The van der Waals surface area contributed by atoms with Gasteiger partial charge < -0.3 is 0 Å². The lowest BCUT2D eigenvalue weighted by atomic mass is 10.1. The number of hydrogen-bond donors (Lipinski definition) is 0. The van der Waals surface area contributed by atoms with Crippen molar-refractivity contribution in [3.63, 3.8) is 0 Å². The molecule has 6 aromatic heterocycles. The summed E-state index contributed by atoms with van der Waals surface area (Å²) in [5, 5.41) is -1.22. The first kappa shape index (κ1) is 15.7. The summed E-state index contributed by atoms with van der Waals surface area (Å²) in [5.74, 6) is -1.79. The summed E-state index contributed by atoms with van der Waals surface area (Å²) < 4.78 is 231. The molecule has 7 heteroatoms. The van der Waals surface area contributed by atoms with Crippen LogP contribution in [0.4, 0.5) is 0 Å². The highest BCUT2D eigenvalue weighted by atomic mass is 15.1. The number of benzene rings is 6. The first-order chi connectivity index (χ1) is 38.7. The number of fused-ring (bicyclic) bond motifs is 9.